The first kappa shape index (κ1) is 27.1. The fourth-order valence-electron chi connectivity index (χ4n) is 7.39. The minimum Gasteiger partial charge on any atom is -0.135 e. The molecule has 0 N–H and O–H groups in total. The molecule has 1 heteroatoms. The molecule has 0 nitrogen and oxygen atoms in total. The molecule has 0 fully saturated rings. The zero-order valence-corrected chi connectivity index (χ0v) is 26.7. The highest BCUT2D eigenvalue weighted by Gasteiger charge is 2.36. The summed E-state index contributed by atoms with van der Waals surface area (Å²) in [6.45, 7) is 4.77. The predicted molar refractivity (Wildman–Crippen MR) is 199 cm³/mol. The van der Waals surface area contributed by atoms with Crippen molar-refractivity contribution in [2.45, 2.75) is 19.3 Å². The molecular formula is C45H32S. The topological polar surface area (TPSA) is 0 Å². The zero-order valence-electron chi connectivity index (χ0n) is 25.9. The molecule has 0 amide bonds. The van der Waals surface area contributed by atoms with Crippen LogP contribution < -0.4 is 0 Å². The van der Waals surface area contributed by atoms with E-state index in [1.54, 1.807) is 0 Å². The van der Waals surface area contributed by atoms with Gasteiger partial charge in [0.05, 0.1) is 0 Å². The molecule has 218 valence electrons. The molecule has 1 aromatic heterocycles. The van der Waals surface area contributed by atoms with Gasteiger partial charge in [-0.05, 0) is 115 Å². The smallest absolute Gasteiger partial charge is 0.0355 e. The molecule has 1 heterocycles. The van der Waals surface area contributed by atoms with Crippen LogP contribution in [0.3, 0.4) is 0 Å². The van der Waals surface area contributed by atoms with Crippen LogP contribution in [-0.4, -0.2) is 0 Å². The summed E-state index contributed by atoms with van der Waals surface area (Å²) in [7, 11) is 0. The summed E-state index contributed by atoms with van der Waals surface area (Å²) in [6.07, 6.45) is 0. The van der Waals surface area contributed by atoms with Gasteiger partial charge >= 0.3 is 0 Å². The van der Waals surface area contributed by atoms with E-state index in [2.05, 4.69) is 172 Å². The third-order valence-electron chi connectivity index (χ3n) is 9.87. The average molecular weight is 605 g/mol. The summed E-state index contributed by atoms with van der Waals surface area (Å²) >= 11 is 1.88. The van der Waals surface area contributed by atoms with Gasteiger partial charge in [-0.3, -0.25) is 0 Å². The molecule has 0 radical (unpaired) electrons. The Labute approximate surface area is 274 Å². The van der Waals surface area contributed by atoms with E-state index in [9.17, 15) is 0 Å². The Bertz CT molecular complexity index is 2370. The number of thiophene rings is 1. The molecule has 0 aliphatic heterocycles. The van der Waals surface area contributed by atoms with Gasteiger partial charge < -0.3 is 0 Å². The Morgan fingerprint density at radius 2 is 0.804 bits per heavy atom. The minimum absolute atomic E-state index is 0.116. The van der Waals surface area contributed by atoms with Gasteiger partial charge in [-0.2, -0.15) is 0 Å². The summed E-state index contributed by atoms with van der Waals surface area (Å²) in [5, 5.41) is 2.69. The van der Waals surface area contributed by atoms with Crippen molar-refractivity contribution in [2.75, 3.05) is 0 Å². The largest absolute Gasteiger partial charge is 0.135 e. The normalized spacial score (nSPS) is 13.2. The van der Waals surface area contributed by atoms with E-state index in [1.165, 1.54) is 86.9 Å². The first-order valence-electron chi connectivity index (χ1n) is 16.0. The van der Waals surface area contributed by atoms with Gasteiger partial charge in [0.15, 0.2) is 0 Å². The molecule has 9 rings (SSSR count). The fourth-order valence-corrected chi connectivity index (χ4v) is 8.48. The van der Waals surface area contributed by atoms with E-state index in [4.69, 9.17) is 0 Å². The van der Waals surface area contributed by atoms with Gasteiger partial charge in [0, 0.05) is 25.6 Å². The Balaban J connectivity index is 1.14. The van der Waals surface area contributed by atoms with Gasteiger partial charge in [-0.15, -0.1) is 11.3 Å². The van der Waals surface area contributed by atoms with Crippen molar-refractivity contribution >= 4 is 31.5 Å². The quantitative estimate of drug-likeness (QED) is 0.187. The van der Waals surface area contributed by atoms with E-state index in [0.29, 0.717) is 0 Å². The van der Waals surface area contributed by atoms with Gasteiger partial charge in [-0.1, -0.05) is 123 Å². The SMILES string of the molecule is CC1(C)c2cc(-c3cc(-c4ccccc4)cc(-c4ccccc4)c3)ccc2-c2ccc(-c3ccc4sc5ccccc5c4c3)cc21. The summed E-state index contributed by atoms with van der Waals surface area (Å²) < 4.78 is 2.69. The molecule has 0 bridgehead atoms. The molecule has 0 saturated carbocycles. The molecule has 0 saturated heterocycles. The minimum atomic E-state index is -0.116. The lowest BCUT2D eigenvalue weighted by molar-refractivity contribution is 0.661. The molecule has 1 aliphatic carbocycles. The van der Waals surface area contributed by atoms with Gasteiger partial charge in [-0.25, -0.2) is 0 Å². The van der Waals surface area contributed by atoms with Crippen LogP contribution in [0.25, 0.3) is 75.8 Å². The maximum atomic E-state index is 2.44. The number of hydrogen-bond acceptors (Lipinski definition) is 1. The molecule has 8 aromatic rings. The van der Waals surface area contributed by atoms with Crippen molar-refractivity contribution < 1.29 is 0 Å². The molecule has 1 aliphatic rings. The Kier molecular flexibility index (Phi) is 6.13. The number of fused-ring (bicyclic) bond motifs is 6. The second kappa shape index (κ2) is 10.4. The number of rotatable bonds is 4. The highest BCUT2D eigenvalue weighted by Crippen LogP contribution is 2.51. The average Bonchev–Trinajstić information content (AvgIpc) is 3.60. The second-order valence-corrected chi connectivity index (χ2v) is 14.1. The van der Waals surface area contributed by atoms with E-state index in [-0.39, 0.29) is 5.41 Å². The maximum Gasteiger partial charge on any atom is 0.0355 e. The molecule has 7 aromatic carbocycles. The summed E-state index contributed by atoms with van der Waals surface area (Å²) in [6, 6.07) is 58.4. The van der Waals surface area contributed by atoms with Crippen LogP contribution in [0.1, 0.15) is 25.0 Å². The van der Waals surface area contributed by atoms with Crippen molar-refractivity contribution in [3.63, 3.8) is 0 Å². The highest BCUT2D eigenvalue weighted by atomic mass is 32.1. The second-order valence-electron chi connectivity index (χ2n) is 13.0. The van der Waals surface area contributed by atoms with Crippen LogP contribution in [0, 0.1) is 0 Å². The first-order valence-corrected chi connectivity index (χ1v) is 16.8. The predicted octanol–water partition coefficient (Wildman–Crippen LogP) is 13.0. The van der Waals surface area contributed by atoms with Gasteiger partial charge in [0.2, 0.25) is 0 Å². The van der Waals surface area contributed by atoms with Crippen LogP contribution >= 0.6 is 11.3 Å². The van der Waals surface area contributed by atoms with Crippen LogP contribution in [-0.2, 0) is 5.41 Å². The molecule has 46 heavy (non-hydrogen) atoms. The van der Waals surface area contributed by atoms with Crippen LogP contribution in [0.5, 0.6) is 0 Å². The first-order chi connectivity index (χ1) is 22.5. The summed E-state index contributed by atoms with van der Waals surface area (Å²) in [5.74, 6) is 0. The van der Waals surface area contributed by atoms with Gasteiger partial charge in [0.25, 0.3) is 0 Å². The Morgan fingerprint density at radius 1 is 0.348 bits per heavy atom. The Hall–Kier alpha value is -5.24. The summed E-state index contributed by atoms with van der Waals surface area (Å²) in [5.41, 5.74) is 15.4. The van der Waals surface area contributed by atoms with Crippen molar-refractivity contribution in [1.29, 1.82) is 0 Å². The van der Waals surface area contributed by atoms with Crippen molar-refractivity contribution in [2.24, 2.45) is 0 Å². The molecule has 0 spiro atoms. The van der Waals surface area contributed by atoms with Crippen LogP contribution in [0.4, 0.5) is 0 Å². The third-order valence-corrected chi connectivity index (χ3v) is 11.0. The lowest BCUT2D eigenvalue weighted by Gasteiger charge is -2.23. The maximum absolute atomic E-state index is 2.44. The van der Waals surface area contributed by atoms with E-state index in [0.717, 1.165) is 0 Å². The number of hydrogen-bond donors (Lipinski definition) is 0. The van der Waals surface area contributed by atoms with Crippen LogP contribution in [0.15, 0.2) is 158 Å². The summed E-state index contributed by atoms with van der Waals surface area (Å²) in [4.78, 5) is 0. The lowest BCUT2D eigenvalue weighted by Crippen LogP contribution is -2.15. The monoisotopic (exact) mass is 604 g/mol. The Morgan fingerprint density at radius 3 is 1.41 bits per heavy atom. The van der Waals surface area contributed by atoms with E-state index < -0.39 is 0 Å². The van der Waals surface area contributed by atoms with E-state index in [1.807, 2.05) is 11.3 Å². The van der Waals surface area contributed by atoms with Crippen molar-refractivity contribution in [1.82, 2.24) is 0 Å². The molecular weight excluding hydrogens is 573 g/mol. The van der Waals surface area contributed by atoms with E-state index >= 15 is 0 Å². The third kappa shape index (κ3) is 4.35. The van der Waals surface area contributed by atoms with Crippen molar-refractivity contribution in [3.05, 3.63) is 169 Å². The standard InChI is InChI=1S/C45H32S/c1-45(2)41-27-32(31-19-22-44-40(26-31)39-15-9-10-16-43(39)46-44)17-20-37(41)38-21-18-33(28-42(38)45)36-24-34(29-11-5-3-6-12-29)23-35(25-36)30-13-7-4-8-14-30/h3-28H,1-2H3. The fraction of sp³-hybridized carbons (Fsp3) is 0.0667. The molecule has 0 atom stereocenters. The number of benzene rings is 7. The van der Waals surface area contributed by atoms with Crippen molar-refractivity contribution in [3.8, 4) is 55.6 Å². The highest BCUT2D eigenvalue weighted by molar-refractivity contribution is 7.25. The lowest BCUT2D eigenvalue weighted by atomic mass is 9.80. The zero-order chi connectivity index (χ0) is 30.8. The van der Waals surface area contributed by atoms with Gasteiger partial charge in [0.1, 0.15) is 0 Å². The molecule has 0 unspecified atom stereocenters. The van der Waals surface area contributed by atoms with Crippen LogP contribution in [0.2, 0.25) is 0 Å².